The number of carbonyl (C=O) groups is 1. The van der Waals surface area contributed by atoms with Gasteiger partial charge in [0.15, 0.2) is 0 Å². The standard InChI is InChI=1S/C16H20N2O3/c19-10-3-4-13-7-8-15(18-12-13)16(20)17-9-11-21-14-5-1-2-6-14/h7-8,12,14,19H,1-2,5-6,9-11H2,(H,17,20). The van der Waals surface area contributed by atoms with Crippen LogP contribution in [-0.4, -0.2) is 41.9 Å². The van der Waals surface area contributed by atoms with Crippen molar-refractivity contribution in [3.63, 3.8) is 0 Å². The van der Waals surface area contributed by atoms with Gasteiger partial charge in [0.25, 0.3) is 5.91 Å². The Labute approximate surface area is 124 Å². The van der Waals surface area contributed by atoms with Crippen molar-refractivity contribution < 1.29 is 14.6 Å². The maximum atomic E-state index is 11.9. The molecule has 1 amide bonds. The van der Waals surface area contributed by atoms with Gasteiger partial charge < -0.3 is 15.2 Å². The smallest absolute Gasteiger partial charge is 0.269 e. The molecule has 1 aromatic rings. The molecule has 1 heterocycles. The molecular weight excluding hydrogens is 268 g/mol. The SMILES string of the molecule is O=C(NCCOC1CCCC1)c1ccc(C#CCO)cn1. The highest BCUT2D eigenvalue weighted by Crippen LogP contribution is 2.20. The minimum atomic E-state index is -0.216. The summed E-state index contributed by atoms with van der Waals surface area (Å²) in [4.78, 5) is 15.9. The number of aliphatic hydroxyl groups excluding tert-OH is 1. The van der Waals surface area contributed by atoms with Crippen molar-refractivity contribution in [2.24, 2.45) is 0 Å². The van der Waals surface area contributed by atoms with Gasteiger partial charge in [0, 0.05) is 18.3 Å². The third-order valence-corrected chi connectivity index (χ3v) is 3.35. The van der Waals surface area contributed by atoms with E-state index in [0.29, 0.717) is 30.5 Å². The highest BCUT2D eigenvalue weighted by Gasteiger charge is 2.15. The van der Waals surface area contributed by atoms with Crippen molar-refractivity contribution in [2.75, 3.05) is 19.8 Å². The number of hydrogen-bond donors (Lipinski definition) is 2. The summed E-state index contributed by atoms with van der Waals surface area (Å²) in [6, 6.07) is 3.33. The molecule has 0 saturated heterocycles. The number of hydrogen-bond acceptors (Lipinski definition) is 4. The Bertz CT molecular complexity index is 511. The topological polar surface area (TPSA) is 71.5 Å². The number of carbonyl (C=O) groups excluding carboxylic acids is 1. The molecule has 0 aromatic carbocycles. The molecule has 2 rings (SSSR count). The first kappa shape index (κ1) is 15.5. The van der Waals surface area contributed by atoms with Crippen LogP contribution in [0.4, 0.5) is 0 Å². The summed E-state index contributed by atoms with van der Waals surface area (Å²) in [5.41, 5.74) is 1.02. The van der Waals surface area contributed by atoms with Crippen LogP contribution in [0.25, 0.3) is 0 Å². The number of aliphatic hydroxyl groups is 1. The Morgan fingerprint density at radius 3 is 2.90 bits per heavy atom. The van der Waals surface area contributed by atoms with Gasteiger partial charge in [-0.05, 0) is 25.0 Å². The Morgan fingerprint density at radius 1 is 1.43 bits per heavy atom. The van der Waals surface area contributed by atoms with Crippen LogP contribution in [0.15, 0.2) is 18.3 Å². The Kier molecular flexibility index (Phi) is 6.20. The van der Waals surface area contributed by atoms with Crippen molar-refractivity contribution in [2.45, 2.75) is 31.8 Å². The lowest BCUT2D eigenvalue weighted by molar-refractivity contribution is 0.0581. The summed E-state index contributed by atoms with van der Waals surface area (Å²) in [6.45, 7) is 0.836. The average Bonchev–Trinajstić information content (AvgIpc) is 3.03. The molecule has 0 bridgehead atoms. The number of nitrogens with one attached hydrogen (secondary N) is 1. The Morgan fingerprint density at radius 2 is 2.24 bits per heavy atom. The second-order valence-corrected chi connectivity index (χ2v) is 4.93. The molecule has 2 N–H and O–H groups in total. The Balaban J connectivity index is 1.72. The van der Waals surface area contributed by atoms with Gasteiger partial charge in [-0.25, -0.2) is 4.98 Å². The molecular formula is C16H20N2O3. The quantitative estimate of drug-likeness (QED) is 0.629. The van der Waals surface area contributed by atoms with Crippen LogP contribution >= 0.6 is 0 Å². The van der Waals surface area contributed by atoms with Gasteiger partial charge in [-0.3, -0.25) is 4.79 Å². The van der Waals surface area contributed by atoms with Crippen molar-refractivity contribution in [3.8, 4) is 11.8 Å². The summed E-state index contributed by atoms with van der Waals surface area (Å²) in [6.07, 6.45) is 6.63. The van der Waals surface area contributed by atoms with E-state index < -0.39 is 0 Å². The highest BCUT2D eigenvalue weighted by atomic mass is 16.5. The highest BCUT2D eigenvalue weighted by molar-refractivity contribution is 5.92. The summed E-state index contributed by atoms with van der Waals surface area (Å²) in [5, 5.41) is 11.4. The minimum Gasteiger partial charge on any atom is -0.384 e. The first-order chi connectivity index (χ1) is 10.3. The molecule has 1 aliphatic rings. The predicted octanol–water partition coefficient (Wildman–Crippen LogP) is 1.11. The zero-order valence-electron chi connectivity index (χ0n) is 12.0. The molecule has 112 valence electrons. The number of ether oxygens (including phenoxy) is 1. The van der Waals surface area contributed by atoms with Gasteiger partial charge in [0.1, 0.15) is 12.3 Å². The molecule has 5 heteroatoms. The molecule has 1 saturated carbocycles. The van der Waals surface area contributed by atoms with Crippen LogP contribution in [0.3, 0.4) is 0 Å². The van der Waals surface area contributed by atoms with Crippen molar-refractivity contribution in [3.05, 3.63) is 29.6 Å². The minimum absolute atomic E-state index is 0.191. The van der Waals surface area contributed by atoms with Crippen LogP contribution in [-0.2, 0) is 4.74 Å². The molecule has 0 aliphatic heterocycles. The number of rotatable bonds is 5. The first-order valence-electron chi connectivity index (χ1n) is 7.25. The average molecular weight is 288 g/mol. The van der Waals surface area contributed by atoms with Gasteiger partial charge in [-0.15, -0.1) is 0 Å². The van der Waals surface area contributed by atoms with Gasteiger partial charge in [0.2, 0.25) is 0 Å². The number of pyridine rings is 1. The van der Waals surface area contributed by atoms with E-state index in [0.717, 1.165) is 12.8 Å². The molecule has 0 spiro atoms. The van der Waals surface area contributed by atoms with Crippen molar-refractivity contribution in [1.82, 2.24) is 10.3 Å². The second-order valence-electron chi connectivity index (χ2n) is 4.93. The molecule has 1 aliphatic carbocycles. The number of nitrogens with zero attached hydrogens (tertiary/aromatic N) is 1. The van der Waals surface area contributed by atoms with Crippen LogP contribution in [0.5, 0.6) is 0 Å². The number of amides is 1. The largest absolute Gasteiger partial charge is 0.384 e. The second kappa shape index (κ2) is 8.40. The molecule has 0 unspecified atom stereocenters. The summed E-state index contributed by atoms with van der Waals surface area (Å²) < 4.78 is 5.68. The number of aromatic nitrogens is 1. The molecule has 0 radical (unpaired) electrons. The fourth-order valence-electron chi connectivity index (χ4n) is 2.28. The van der Waals surface area contributed by atoms with Crippen LogP contribution in [0.2, 0.25) is 0 Å². The van der Waals surface area contributed by atoms with E-state index in [1.807, 2.05) is 0 Å². The zero-order valence-corrected chi connectivity index (χ0v) is 12.0. The van der Waals surface area contributed by atoms with Gasteiger partial charge in [-0.1, -0.05) is 24.7 Å². The molecule has 5 nitrogen and oxygen atoms in total. The van der Waals surface area contributed by atoms with Gasteiger partial charge in [-0.2, -0.15) is 0 Å². The van der Waals surface area contributed by atoms with E-state index in [1.165, 1.54) is 19.0 Å². The van der Waals surface area contributed by atoms with E-state index in [4.69, 9.17) is 9.84 Å². The zero-order chi connectivity index (χ0) is 14.9. The molecule has 1 fully saturated rings. The maximum absolute atomic E-state index is 11.9. The van der Waals surface area contributed by atoms with E-state index in [-0.39, 0.29) is 12.5 Å². The monoisotopic (exact) mass is 288 g/mol. The molecule has 21 heavy (non-hydrogen) atoms. The van der Waals surface area contributed by atoms with Crippen LogP contribution < -0.4 is 5.32 Å². The van der Waals surface area contributed by atoms with E-state index in [2.05, 4.69) is 22.1 Å². The molecule has 1 aromatic heterocycles. The van der Waals surface area contributed by atoms with Gasteiger partial charge >= 0.3 is 0 Å². The van der Waals surface area contributed by atoms with Crippen LogP contribution in [0.1, 0.15) is 41.7 Å². The third-order valence-electron chi connectivity index (χ3n) is 3.35. The van der Waals surface area contributed by atoms with Crippen LogP contribution in [0, 0.1) is 11.8 Å². The Hall–Kier alpha value is -1.90. The fraction of sp³-hybridized carbons (Fsp3) is 0.500. The maximum Gasteiger partial charge on any atom is 0.269 e. The molecule has 0 atom stereocenters. The lowest BCUT2D eigenvalue weighted by Gasteiger charge is -2.11. The normalized spacial score (nSPS) is 14.5. The lowest BCUT2D eigenvalue weighted by atomic mass is 10.2. The summed E-state index contributed by atoms with van der Waals surface area (Å²) in [5.74, 6) is 5.04. The lowest BCUT2D eigenvalue weighted by Crippen LogP contribution is -2.29. The van der Waals surface area contributed by atoms with E-state index >= 15 is 0 Å². The van der Waals surface area contributed by atoms with E-state index in [9.17, 15) is 4.79 Å². The van der Waals surface area contributed by atoms with Crippen molar-refractivity contribution >= 4 is 5.91 Å². The van der Waals surface area contributed by atoms with Crippen molar-refractivity contribution in [1.29, 1.82) is 0 Å². The third kappa shape index (κ3) is 5.18. The first-order valence-corrected chi connectivity index (χ1v) is 7.25. The van der Waals surface area contributed by atoms with E-state index in [1.54, 1.807) is 12.1 Å². The predicted molar refractivity (Wildman–Crippen MR) is 78.7 cm³/mol. The fourth-order valence-corrected chi connectivity index (χ4v) is 2.28. The van der Waals surface area contributed by atoms with Gasteiger partial charge in [0.05, 0.1) is 12.7 Å². The summed E-state index contributed by atoms with van der Waals surface area (Å²) >= 11 is 0. The summed E-state index contributed by atoms with van der Waals surface area (Å²) in [7, 11) is 0.